The summed E-state index contributed by atoms with van der Waals surface area (Å²) >= 11 is 7.88. The zero-order valence-corrected chi connectivity index (χ0v) is 20.3. The summed E-state index contributed by atoms with van der Waals surface area (Å²) in [6, 6.07) is 14.5. The van der Waals surface area contributed by atoms with E-state index in [1.807, 2.05) is 29.6 Å². The van der Waals surface area contributed by atoms with Crippen LogP contribution in [0.1, 0.15) is 31.9 Å². The molecule has 0 aliphatic carbocycles. The molecule has 0 atom stereocenters. The molecule has 0 saturated carbocycles. The largest absolute Gasteiger partial charge is 0.494 e. The predicted octanol–water partition coefficient (Wildman–Crippen LogP) is 3.93. The Morgan fingerprint density at radius 2 is 1.94 bits per heavy atom. The number of Topliss-reactive ketones (excluding diaryl/α,β-unsaturated/α-hetero) is 1. The van der Waals surface area contributed by atoms with E-state index in [1.165, 1.54) is 23.2 Å². The number of thioether (sulfide) groups is 1. The van der Waals surface area contributed by atoms with Crippen molar-refractivity contribution in [2.45, 2.75) is 13.5 Å². The number of carbonyl (C=O) groups excluding carboxylic acids is 2. The normalized spacial score (nSPS) is 14.6. The molecule has 170 valence electrons. The first kappa shape index (κ1) is 23.6. The smallest absolute Gasteiger partial charge is 0.271 e. The number of aromatic nitrogens is 1. The Morgan fingerprint density at radius 3 is 2.59 bits per heavy atom. The number of aromatic hydroxyl groups is 1. The van der Waals surface area contributed by atoms with Crippen molar-refractivity contribution in [3.05, 3.63) is 90.2 Å². The monoisotopic (exact) mass is 507 g/mol. The molecular weight excluding hydrogens is 490 g/mol. The van der Waals surface area contributed by atoms with Gasteiger partial charge in [-0.15, -0.1) is 11.3 Å². The van der Waals surface area contributed by atoms with Crippen LogP contribution in [0.4, 0.5) is 0 Å². The van der Waals surface area contributed by atoms with Crippen LogP contribution in [0.5, 0.6) is 5.88 Å². The van der Waals surface area contributed by atoms with E-state index < -0.39 is 29.7 Å². The first-order chi connectivity index (χ1) is 16.3. The number of nitriles is 1. The van der Waals surface area contributed by atoms with Gasteiger partial charge in [-0.05, 0) is 35.6 Å². The third-order valence-electron chi connectivity index (χ3n) is 5.25. The Balaban J connectivity index is 1.69. The number of hydrogen-bond acceptors (Lipinski definition) is 8. The second kappa shape index (κ2) is 9.77. The third-order valence-corrected chi connectivity index (χ3v) is 7.45. The lowest BCUT2D eigenvalue weighted by Crippen LogP contribution is -2.35. The average Bonchev–Trinajstić information content (AvgIpc) is 3.42. The molecule has 0 bridgehead atoms. The van der Waals surface area contributed by atoms with Crippen LogP contribution in [-0.2, 0) is 11.3 Å². The minimum atomic E-state index is -0.692. The van der Waals surface area contributed by atoms with Crippen LogP contribution < -0.4 is 5.56 Å². The molecule has 3 heterocycles. The summed E-state index contributed by atoms with van der Waals surface area (Å²) in [4.78, 5) is 41.5. The molecular formula is C24H17N3O4S3. The zero-order valence-electron chi connectivity index (χ0n) is 17.8. The fraction of sp³-hybridized carbons (Fsp3) is 0.125. The van der Waals surface area contributed by atoms with Crippen LogP contribution in [0, 0.1) is 18.3 Å². The summed E-state index contributed by atoms with van der Waals surface area (Å²) in [5, 5.41) is 22.4. The number of amides is 1. The highest BCUT2D eigenvalue weighted by atomic mass is 32.2. The second-order valence-electron chi connectivity index (χ2n) is 7.39. The molecule has 10 heteroatoms. The Hall–Kier alpha value is -3.52. The van der Waals surface area contributed by atoms with Crippen molar-refractivity contribution in [2.75, 3.05) is 6.54 Å². The molecule has 0 unspecified atom stereocenters. The molecule has 7 nitrogen and oxygen atoms in total. The van der Waals surface area contributed by atoms with E-state index in [2.05, 4.69) is 0 Å². The number of thiophene rings is 1. The molecule has 1 saturated heterocycles. The lowest BCUT2D eigenvalue weighted by molar-refractivity contribution is -0.121. The van der Waals surface area contributed by atoms with Crippen LogP contribution in [-0.4, -0.2) is 37.1 Å². The summed E-state index contributed by atoms with van der Waals surface area (Å²) in [7, 11) is 0. The van der Waals surface area contributed by atoms with E-state index in [1.54, 1.807) is 30.3 Å². The average molecular weight is 508 g/mol. The molecule has 1 aliphatic rings. The Labute approximate surface area is 208 Å². The Morgan fingerprint density at radius 1 is 1.21 bits per heavy atom. The minimum absolute atomic E-state index is 0.0225. The third kappa shape index (κ3) is 4.46. The Bertz CT molecular complexity index is 1430. The molecule has 1 fully saturated rings. The highest BCUT2D eigenvalue weighted by molar-refractivity contribution is 8.26. The topological polar surface area (TPSA) is 103 Å². The van der Waals surface area contributed by atoms with Gasteiger partial charge in [0, 0.05) is 4.88 Å². The van der Waals surface area contributed by atoms with Crippen molar-refractivity contribution in [2.24, 2.45) is 0 Å². The summed E-state index contributed by atoms with van der Waals surface area (Å²) in [5.41, 5.74) is -0.327. The molecule has 1 amide bonds. The van der Waals surface area contributed by atoms with Crippen LogP contribution >= 0.6 is 35.3 Å². The van der Waals surface area contributed by atoms with E-state index in [0.717, 1.165) is 21.2 Å². The van der Waals surface area contributed by atoms with E-state index in [-0.39, 0.29) is 27.6 Å². The van der Waals surface area contributed by atoms with Gasteiger partial charge in [0.1, 0.15) is 16.0 Å². The Kier molecular flexibility index (Phi) is 6.79. The molecule has 4 rings (SSSR count). The van der Waals surface area contributed by atoms with E-state index in [4.69, 9.17) is 12.2 Å². The highest BCUT2D eigenvalue weighted by Crippen LogP contribution is 2.34. The number of pyridine rings is 1. The van der Waals surface area contributed by atoms with Crippen molar-refractivity contribution in [3.8, 4) is 11.9 Å². The van der Waals surface area contributed by atoms with Crippen LogP contribution in [0.2, 0.25) is 0 Å². The van der Waals surface area contributed by atoms with Gasteiger partial charge < -0.3 is 5.11 Å². The number of nitrogens with zero attached hydrogens (tertiary/aromatic N) is 3. The molecule has 1 aliphatic heterocycles. The second-order valence-corrected chi connectivity index (χ2v) is 10.0. The maximum atomic E-state index is 13.3. The van der Waals surface area contributed by atoms with Crippen molar-refractivity contribution in [1.82, 2.24) is 9.47 Å². The van der Waals surface area contributed by atoms with Gasteiger partial charge in [0.2, 0.25) is 5.88 Å². The van der Waals surface area contributed by atoms with Crippen molar-refractivity contribution in [3.63, 3.8) is 0 Å². The summed E-state index contributed by atoms with van der Waals surface area (Å²) in [5.74, 6) is -1.58. The minimum Gasteiger partial charge on any atom is -0.494 e. The molecule has 1 aromatic carbocycles. The fourth-order valence-corrected chi connectivity index (χ4v) is 5.54. The van der Waals surface area contributed by atoms with Gasteiger partial charge in [0.15, 0.2) is 5.78 Å². The SMILES string of the molecule is Cc1c(C(=O)CN2C(=O)/C(=C/c3cccs3)SC2=S)c(O)n(Cc2ccccc2)c(=O)c1C#N. The number of rotatable bonds is 6. The predicted molar refractivity (Wildman–Crippen MR) is 136 cm³/mol. The standard InChI is InChI=1S/C24H17N3O4S3/c1-14-17(11-25)21(29)26(12-15-6-3-2-4-7-15)23(31)20(14)18(28)13-27-22(30)19(34-24(27)32)10-16-8-5-9-33-16/h2-10,31H,12-13H2,1H3/b19-10-. The summed E-state index contributed by atoms with van der Waals surface area (Å²) < 4.78 is 1.21. The molecule has 0 radical (unpaired) electrons. The van der Waals surface area contributed by atoms with Crippen LogP contribution in [0.25, 0.3) is 6.08 Å². The van der Waals surface area contributed by atoms with Gasteiger partial charge in [-0.1, -0.05) is 60.4 Å². The molecule has 2 aromatic heterocycles. The van der Waals surface area contributed by atoms with Gasteiger partial charge in [0.05, 0.1) is 23.6 Å². The molecule has 0 spiro atoms. The molecule has 3 aromatic rings. The van der Waals surface area contributed by atoms with Crippen LogP contribution in [0.15, 0.2) is 57.5 Å². The fourth-order valence-electron chi connectivity index (χ4n) is 3.56. The number of hydrogen-bond donors (Lipinski definition) is 1. The van der Waals surface area contributed by atoms with E-state index >= 15 is 0 Å². The van der Waals surface area contributed by atoms with Crippen molar-refractivity contribution < 1.29 is 14.7 Å². The van der Waals surface area contributed by atoms with E-state index in [0.29, 0.717) is 10.5 Å². The van der Waals surface area contributed by atoms with Crippen molar-refractivity contribution >= 4 is 57.4 Å². The molecule has 34 heavy (non-hydrogen) atoms. The molecule has 1 N–H and O–H groups in total. The van der Waals surface area contributed by atoms with Gasteiger partial charge in [0.25, 0.3) is 11.5 Å². The summed E-state index contributed by atoms with van der Waals surface area (Å²) in [6.45, 7) is 0.987. The summed E-state index contributed by atoms with van der Waals surface area (Å²) in [6.07, 6.45) is 1.71. The lowest BCUT2D eigenvalue weighted by atomic mass is 10.0. The first-order valence-electron chi connectivity index (χ1n) is 10.0. The number of carbonyl (C=O) groups is 2. The first-order valence-corrected chi connectivity index (χ1v) is 12.1. The lowest BCUT2D eigenvalue weighted by Gasteiger charge is -2.18. The maximum absolute atomic E-state index is 13.3. The van der Waals surface area contributed by atoms with Crippen molar-refractivity contribution in [1.29, 1.82) is 5.26 Å². The highest BCUT2D eigenvalue weighted by Gasteiger charge is 2.35. The zero-order chi connectivity index (χ0) is 24.4. The maximum Gasteiger partial charge on any atom is 0.271 e. The van der Waals surface area contributed by atoms with E-state index in [9.17, 15) is 24.8 Å². The van der Waals surface area contributed by atoms with Gasteiger partial charge in [-0.3, -0.25) is 23.9 Å². The number of thiocarbonyl (C=S) groups is 1. The van der Waals surface area contributed by atoms with Crippen LogP contribution in [0.3, 0.4) is 0 Å². The number of ketones is 1. The van der Waals surface area contributed by atoms with Gasteiger partial charge in [-0.25, -0.2) is 0 Å². The number of benzene rings is 1. The van der Waals surface area contributed by atoms with Gasteiger partial charge >= 0.3 is 0 Å². The quantitative estimate of drug-likeness (QED) is 0.306. The van der Waals surface area contributed by atoms with Gasteiger partial charge in [-0.2, -0.15) is 5.26 Å².